The number of nitrogens with one attached hydrogen (secondary N) is 3. The summed E-state index contributed by atoms with van der Waals surface area (Å²) in [4.78, 5) is 26.2. The first-order chi connectivity index (χ1) is 10.5. The van der Waals surface area contributed by atoms with E-state index in [1.807, 2.05) is 6.07 Å². The summed E-state index contributed by atoms with van der Waals surface area (Å²) in [6.45, 7) is 3.90. The quantitative estimate of drug-likeness (QED) is 0.758. The fourth-order valence-corrected chi connectivity index (χ4v) is 2.32. The van der Waals surface area contributed by atoms with Gasteiger partial charge in [-0.05, 0) is 37.5 Å². The Morgan fingerprint density at radius 1 is 1.45 bits per heavy atom. The third-order valence-corrected chi connectivity index (χ3v) is 3.56. The molecule has 0 radical (unpaired) electrons. The first-order valence-electron chi connectivity index (χ1n) is 6.90. The molecule has 0 bridgehead atoms. The van der Waals surface area contributed by atoms with Gasteiger partial charge in [0, 0.05) is 18.3 Å². The van der Waals surface area contributed by atoms with Crippen LogP contribution in [0.4, 0.5) is 0 Å². The molecule has 114 valence electrons. The van der Waals surface area contributed by atoms with E-state index in [9.17, 15) is 9.59 Å². The second kappa shape index (κ2) is 6.72. The smallest absolute Gasteiger partial charge is 0.266 e. The van der Waals surface area contributed by atoms with E-state index in [-0.39, 0.29) is 23.5 Å². The number of hydrogen-bond acceptors (Lipinski definition) is 4. The van der Waals surface area contributed by atoms with Crippen LogP contribution in [0.25, 0.3) is 0 Å². The molecular formula is C15H17N5O2. The van der Waals surface area contributed by atoms with E-state index in [2.05, 4.69) is 20.5 Å². The zero-order chi connectivity index (χ0) is 16.1. The molecule has 0 aliphatic carbocycles. The Labute approximate surface area is 127 Å². The van der Waals surface area contributed by atoms with Crippen LogP contribution >= 0.6 is 0 Å². The molecule has 7 heteroatoms. The van der Waals surface area contributed by atoms with Gasteiger partial charge in [0.05, 0.1) is 12.2 Å². The number of carbonyl (C=O) groups excluding carboxylic acids is 1. The summed E-state index contributed by atoms with van der Waals surface area (Å²) in [6, 6.07) is 3.69. The summed E-state index contributed by atoms with van der Waals surface area (Å²) in [6.07, 6.45) is 2.38. The van der Waals surface area contributed by atoms with Gasteiger partial charge in [0.2, 0.25) is 5.91 Å². The highest BCUT2D eigenvalue weighted by Crippen LogP contribution is 2.14. The number of amides is 1. The van der Waals surface area contributed by atoms with Crippen LogP contribution in [0.3, 0.4) is 0 Å². The highest BCUT2D eigenvalue weighted by Gasteiger charge is 2.13. The van der Waals surface area contributed by atoms with Crippen molar-refractivity contribution in [2.24, 2.45) is 0 Å². The lowest BCUT2D eigenvalue weighted by molar-refractivity contribution is -0.121. The Hall–Kier alpha value is -2.88. The first-order valence-corrected chi connectivity index (χ1v) is 6.90. The van der Waals surface area contributed by atoms with Crippen molar-refractivity contribution in [1.82, 2.24) is 20.5 Å². The summed E-state index contributed by atoms with van der Waals surface area (Å²) < 4.78 is 0. The van der Waals surface area contributed by atoms with Crippen molar-refractivity contribution in [2.75, 3.05) is 0 Å². The third kappa shape index (κ3) is 3.41. The predicted molar refractivity (Wildman–Crippen MR) is 80.0 cm³/mol. The van der Waals surface area contributed by atoms with E-state index in [1.54, 1.807) is 26.1 Å². The van der Waals surface area contributed by atoms with Gasteiger partial charge in [-0.3, -0.25) is 14.7 Å². The van der Waals surface area contributed by atoms with Crippen LogP contribution in [0.5, 0.6) is 0 Å². The van der Waals surface area contributed by atoms with Gasteiger partial charge < -0.3 is 10.3 Å². The number of hydrogen-bond donors (Lipinski definition) is 3. The minimum Gasteiger partial charge on any atom is -0.350 e. The van der Waals surface area contributed by atoms with Crippen LogP contribution in [-0.4, -0.2) is 21.1 Å². The number of carbonyl (C=O) groups is 1. The lowest BCUT2D eigenvalue weighted by Gasteiger charge is -2.10. The second-order valence-electron chi connectivity index (χ2n) is 5.03. The Bertz CT molecular complexity index is 768. The standard InChI is InChI=1S/C15H17N5O2/c1-9-12(10(2)19-15(22)13(9)7-16)3-4-14(21)17-8-11-5-6-18-20-11/h5-6H,3-4,8H2,1-2H3,(H,17,21)(H,18,20)(H,19,22). The highest BCUT2D eigenvalue weighted by molar-refractivity contribution is 5.76. The average Bonchev–Trinajstić information content (AvgIpc) is 2.98. The minimum atomic E-state index is -0.384. The molecule has 0 spiro atoms. The number of pyridine rings is 1. The van der Waals surface area contributed by atoms with Crippen LogP contribution < -0.4 is 10.9 Å². The van der Waals surface area contributed by atoms with E-state index in [1.165, 1.54) is 0 Å². The molecule has 2 heterocycles. The molecule has 0 atom stereocenters. The molecule has 2 aromatic heterocycles. The molecule has 0 saturated carbocycles. The Balaban J connectivity index is 2.01. The van der Waals surface area contributed by atoms with E-state index in [0.717, 1.165) is 11.3 Å². The zero-order valence-electron chi connectivity index (χ0n) is 12.5. The monoisotopic (exact) mass is 299 g/mol. The lowest BCUT2D eigenvalue weighted by atomic mass is 9.99. The van der Waals surface area contributed by atoms with Crippen LogP contribution in [-0.2, 0) is 17.8 Å². The maximum atomic E-state index is 11.9. The van der Waals surface area contributed by atoms with Gasteiger partial charge in [0.25, 0.3) is 5.56 Å². The van der Waals surface area contributed by atoms with Crippen molar-refractivity contribution in [3.63, 3.8) is 0 Å². The Kier molecular flexibility index (Phi) is 4.73. The molecule has 0 aliphatic rings. The van der Waals surface area contributed by atoms with Crippen molar-refractivity contribution >= 4 is 5.91 Å². The average molecular weight is 299 g/mol. The summed E-state index contributed by atoms with van der Waals surface area (Å²) in [5.74, 6) is -0.0990. The van der Waals surface area contributed by atoms with Crippen molar-refractivity contribution in [2.45, 2.75) is 33.2 Å². The van der Waals surface area contributed by atoms with Gasteiger partial charge in [0.1, 0.15) is 11.6 Å². The summed E-state index contributed by atoms with van der Waals surface area (Å²) in [5, 5.41) is 18.4. The lowest BCUT2D eigenvalue weighted by Crippen LogP contribution is -2.24. The number of nitrogens with zero attached hydrogens (tertiary/aromatic N) is 2. The molecule has 2 rings (SSSR count). The molecule has 0 aromatic carbocycles. The zero-order valence-corrected chi connectivity index (χ0v) is 12.5. The van der Waals surface area contributed by atoms with Gasteiger partial charge >= 0.3 is 0 Å². The van der Waals surface area contributed by atoms with E-state index < -0.39 is 0 Å². The van der Waals surface area contributed by atoms with E-state index in [4.69, 9.17) is 5.26 Å². The fourth-order valence-electron chi connectivity index (χ4n) is 2.32. The summed E-state index contributed by atoms with van der Waals surface area (Å²) >= 11 is 0. The molecule has 22 heavy (non-hydrogen) atoms. The largest absolute Gasteiger partial charge is 0.350 e. The number of H-pyrrole nitrogens is 2. The molecule has 2 aromatic rings. The van der Waals surface area contributed by atoms with Crippen molar-refractivity contribution in [3.8, 4) is 6.07 Å². The molecule has 3 N–H and O–H groups in total. The summed E-state index contributed by atoms with van der Waals surface area (Å²) in [5.41, 5.74) is 2.74. The van der Waals surface area contributed by atoms with E-state index >= 15 is 0 Å². The third-order valence-electron chi connectivity index (χ3n) is 3.56. The van der Waals surface area contributed by atoms with Gasteiger partial charge in [-0.25, -0.2) is 0 Å². The van der Waals surface area contributed by atoms with Gasteiger partial charge in [-0.1, -0.05) is 0 Å². The fraction of sp³-hybridized carbons (Fsp3) is 0.333. The van der Waals surface area contributed by atoms with Crippen LogP contribution in [0.1, 0.15) is 34.5 Å². The normalized spacial score (nSPS) is 10.2. The number of nitriles is 1. The van der Waals surface area contributed by atoms with Crippen LogP contribution in [0, 0.1) is 25.2 Å². The number of aromatic amines is 2. The molecule has 0 fully saturated rings. The SMILES string of the molecule is Cc1[nH]c(=O)c(C#N)c(C)c1CCC(=O)NCc1ccn[nH]1. The van der Waals surface area contributed by atoms with Crippen LogP contribution in [0.2, 0.25) is 0 Å². The van der Waals surface area contributed by atoms with Crippen molar-refractivity contribution < 1.29 is 4.79 Å². The maximum absolute atomic E-state index is 11.9. The maximum Gasteiger partial charge on any atom is 0.266 e. The minimum absolute atomic E-state index is 0.0990. The van der Waals surface area contributed by atoms with Crippen LogP contribution in [0.15, 0.2) is 17.1 Å². The number of aryl methyl sites for hydroxylation is 1. The van der Waals surface area contributed by atoms with E-state index in [0.29, 0.717) is 24.2 Å². The molecule has 0 aliphatic heterocycles. The second-order valence-corrected chi connectivity index (χ2v) is 5.03. The first kappa shape index (κ1) is 15.5. The van der Waals surface area contributed by atoms with Crippen molar-refractivity contribution in [1.29, 1.82) is 5.26 Å². The molecule has 7 nitrogen and oxygen atoms in total. The molecule has 1 amide bonds. The number of rotatable bonds is 5. The predicted octanol–water partition coefficient (Wildman–Crippen LogP) is 0.836. The summed E-state index contributed by atoms with van der Waals surface area (Å²) in [7, 11) is 0. The Morgan fingerprint density at radius 3 is 2.86 bits per heavy atom. The molecule has 0 saturated heterocycles. The van der Waals surface area contributed by atoms with Gasteiger partial charge in [-0.15, -0.1) is 0 Å². The highest BCUT2D eigenvalue weighted by atomic mass is 16.1. The van der Waals surface area contributed by atoms with Crippen molar-refractivity contribution in [3.05, 3.63) is 50.7 Å². The number of aromatic nitrogens is 3. The van der Waals surface area contributed by atoms with Gasteiger partial charge in [-0.2, -0.15) is 10.4 Å². The van der Waals surface area contributed by atoms with Gasteiger partial charge in [0.15, 0.2) is 0 Å². The molecule has 0 unspecified atom stereocenters. The Morgan fingerprint density at radius 2 is 2.23 bits per heavy atom. The topological polar surface area (TPSA) is 114 Å². The molecular weight excluding hydrogens is 282 g/mol.